The minimum Gasteiger partial charge on any atom is -0.496 e. The van der Waals surface area contributed by atoms with E-state index in [1.165, 1.54) is 6.07 Å². The highest BCUT2D eigenvalue weighted by Gasteiger charge is 2.14. The Bertz CT molecular complexity index is 693. The summed E-state index contributed by atoms with van der Waals surface area (Å²) in [5.41, 5.74) is 2.67. The first-order valence-electron chi connectivity index (χ1n) is 6.54. The van der Waals surface area contributed by atoms with E-state index >= 15 is 0 Å². The Kier molecular flexibility index (Phi) is 4.36. The molecule has 0 fully saturated rings. The van der Waals surface area contributed by atoms with E-state index in [0.717, 1.165) is 29.0 Å². The second kappa shape index (κ2) is 6.04. The van der Waals surface area contributed by atoms with Crippen LogP contribution < -0.4 is 4.74 Å². The van der Waals surface area contributed by atoms with Crippen LogP contribution in [0.3, 0.4) is 0 Å². The third kappa shape index (κ3) is 3.27. The molecule has 0 spiro atoms. The highest BCUT2D eigenvalue weighted by molar-refractivity contribution is 5.99. The monoisotopic (exact) mass is 290 g/mol. The first-order chi connectivity index (χ1) is 9.92. The Labute approximate surface area is 122 Å². The summed E-state index contributed by atoms with van der Waals surface area (Å²) in [5.74, 6) is -1.27. The number of hydrogen-bond acceptors (Lipinski definition) is 2. The summed E-state index contributed by atoms with van der Waals surface area (Å²) in [6, 6.07) is 7.06. The van der Waals surface area contributed by atoms with Gasteiger partial charge in [-0.3, -0.25) is 4.79 Å². The molecule has 110 valence electrons. The molecule has 0 amide bonds. The maximum absolute atomic E-state index is 13.2. The predicted molar refractivity (Wildman–Crippen MR) is 76.9 cm³/mol. The SMILES string of the molecule is COc1cc(C)c(C(=O)Cc2ccc(F)c(F)c2)cc1C. The van der Waals surface area contributed by atoms with E-state index in [-0.39, 0.29) is 12.2 Å². The van der Waals surface area contributed by atoms with Crippen molar-refractivity contribution in [3.8, 4) is 5.75 Å². The molecule has 0 N–H and O–H groups in total. The van der Waals surface area contributed by atoms with Gasteiger partial charge in [0.1, 0.15) is 5.75 Å². The number of rotatable bonds is 4. The van der Waals surface area contributed by atoms with Gasteiger partial charge in [-0.2, -0.15) is 0 Å². The van der Waals surface area contributed by atoms with Crippen LogP contribution in [0.5, 0.6) is 5.75 Å². The van der Waals surface area contributed by atoms with Gasteiger partial charge in [-0.15, -0.1) is 0 Å². The van der Waals surface area contributed by atoms with E-state index in [9.17, 15) is 13.6 Å². The van der Waals surface area contributed by atoms with Gasteiger partial charge < -0.3 is 4.74 Å². The van der Waals surface area contributed by atoms with E-state index in [0.29, 0.717) is 11.1 Å². The average molecular weight is 290 g/mol. The molecule has 4 heteroatoms. The molecule has 0 aliphatic carbocycles. The third-order valence-electron chi connectivity index (χ3n) is 3.39. The molecule has 0 aliphatic rings. The lowest BCUT2D eigenvalue weighted by Crippen LogP contribution is -2.07. The molecular weight excluding hydrogens is 274 g/mol. The molecule has 21 heavy (non-hydrogen) atoms. The molecule has 2 rings (SSSR count). The molecule has 2 nitrogen and oxygen atoms in total. The summed E-state index contributed by atoms with van der Waals surface area (Å²) >= 11 is 0. The Morgan fingerprint density at radius 3 is 2.38 bits per heavy atom. The summed E-state index contributed by atoms with van der Waals surface area (Å²) in [7, 11) is 1.57. The average Bonchev–Trinajstić information content (AvgIpc) is 2.44. The van der Waals surface area contributed by atoms with Crippen LogP contribution in [0.1, 0.15) is 27.0 Å². The van der Waals surface area contributed by atoms with Gasteiger partial charge in [0.15, 0.2) is 17.4 Å². The van der Waals surface area contributed by atoms with Gasteiger partial charge in [0.2, 0.25) is 0 Å². The van der Waals surface area contributed by atoms with Crippen molar-refractivity contribution in [3.63, 3.8) is 0 Å². The number of ether oxygens (including phenoxy) is 1. The highest BCUT2D eigenvalue weighted by atomic mass is 19.2. The van der Waals surface area contributed by atoms with Crippen LogP contribution in [0.4, 0.5) is 8.78 Å². The van der Waals surface area contributed by atoms with Crippen LogP contribution in [-0.2, 0) is 6.42 Å². The van der Waals surface area contributed by atoms with Gasteiger partial charge in [-0.05, 0) is 54.8 Å². The number of halogens is 2. The van der Waals surface area contributed by atoms with Gasteiger partial charge in [-0.1, -0.05) is 6.07 Å². The lowest BCUT2D eigenvalue weighted by Gasteiger charge is -2.11. The van der Waals surface area contributed by atoms with Gasteiger partial charge >= 0.3 is 0 Å². The number of aryl methyl sites for hydroxylation is 2. The van der Waals surface area contributed by atoms with Crippen LogP contribution in [0.15, 0.2) is 30.3 Å². The molecule has 0 atom stereocenters. The smallest absolute Gasteiger partial charge is 0.167 e. The number of carbonyl (C=O) groups is 1. The van der Waals surface area contributed by atoms with Crippen LogP contribution in [0.25, 0.3) is 0 Å². The van der Waals surface area contributed by atoms with Crippen molar-refractivity contribution in [2.75, 3.05) is 7.11 Å². The topological polar surface area (TPSA) is 26.3 Å². The lowest BCUT2D eigenvalue weighted by molar-refractivity contribution is 0.0992. The van der Waals surface area contributed by atoms with Crippen molar-refractivity contribution in [3.05, 3.63) is 64.2 Å². The molecule has 0 radical (unpaired) electrons. The van der Waals surface area contributed by atoms with E-state index < -0.39 is 11.6 Å². The summed E-state index contributed by atoms with van der Waals surface area (Å²) in [6.45, 7) is 3.67. The Morgan fingerprint density at radius 1 is 1.05 bits per heavy atom. The van der Waals surface area contributed by atoms with Crippen molar-refractivity contribution >= 4 is 5.78 Å². The zero-order chi connectivity index (χ0) is 15.6. The number of benzene rings is 2. The van der Waals surface area contributed by atoms with Crippen LogP contribution in [0, 0.1) is 25.5 Å². The van der Waals surface area contributed by atoms with Gasteiger partial charge in [-0.25, -0.2) is 8.78 Å². The van der Waals surface area contributed by atoms with E-state index in [1.807, 2.05) is 13.8 Å². The van der Waals surface area contributed by atoms with Crippen molar-refractivity contribution in [2.24, 2.45) is 0 Å². The second-order valence-electron chi connectivity index (χ2n) is 4.99. The number of hydrogen-bond donors (Lipinski definition) is 0. The molecule has 0 bridgehead atoms. The lowest BCUT2D eigenvalue weighted by atomic mass is 9.97. The highest BCUT2D eigenvalue weighted by Crippen LogP contribution is 2.23. The summed E-state index contributed by atoms with van der Waals surface area (Å²) in [4.78, 5) is 12.3. The fourth-order valence-corrected chi connectivity index (χ4v) is 2.24. The molecule has 0 saturated heterocycles. The first-order valence-corrected chi connectivity index (χ1v) is 6.54. The number of carbonyl (C=O) groups excluding carboxylic acids is 1. The summed E-state index contributed by atoms with van der Waals surface area (Å²) < 4.78 is 31.3. The molecule has 0 unspecified atom stereocenters. The Morgan fingerprint density at radius 2 is 1.76 bits per heavy atom. The van der Waals surface area contributed by atoms with Crippen molar-refractivity contribution in [1.29, 1.82) is 0 Å². The molecule has 0 saturated carbocycles. The first kappa shape index (κ1) is 15.2. The zero-order valence-electron chi connectivity index (χ0n) is 12.2. The van der Waals surface area contributed by atoms with Gasteiger partial charge in [0.25, 0.3) is 0 Å². The molecule has 0 aromatic heterocycles. The molecule has 2 aromatic rings. The number of Topliss-reactive ketones (excluding diaryl/α,β-unsaturated/α-hetero) is 1. The fourth-order valence-electron chi connectivity index (χ4n) is 2.24. The Balaban J connectivity index is 2.28. The largest absolute Gasteiger partial charge is 0.496 e. The minimum atomic E-state index is -0.942. The number of methoxy groups -OCH3 is 1. The molecular formula is C17H16F2O2. The van der Waals surface area contributed by atoms with Crippen molar-refractivity contribution < 1.29 is 18.3 Å². The fraction of sp³-hybridized carbons (Fsp3) is 0.235. The maximum Gasteiger partial charge on any atom is 0.167 e. The molecule has 0 aliphatic heterocycles. The van der Waals surface area contributed by atoms with E-state index in [2.05, 4.69) is 0 Å². The Hall–Kier alpha value is -2.23. The predicted octanol–water partition coefficient (Wildman–Crippen LogP) is 4.02. The van der Waals surface area contributed by atoms with Crippen LogP contribution >= 0.6 is 0 Å². The summed E-state index contributed by atoms with van der Waals surface area (Å²) in [5, 5.41) is 0. The molecule has 0 heterocycles. The van der Waals surface area contributed by atoms with Crippen molar-refractivity contribution in [2.45, 2.75) is 20.3 Å². The normalized spacial score (nSPS) is 10.5. The van der Waals surface area contributed by atoms with Gasteiger partial charge in [0.05, 0.1) is 7.11 Å². The van der Waals surface area contributed by atoms with E-state index in [1.54, 1.807) is 19.2 Å². The second-order valence-corrected chi connectivity index (χ2v) is 4.99. The maximum atomic E-state index is 13.2. The van der Waals surface area contributed by atoms with Crippen LogP contribution in [0.2, 0.25) is 0 Å². The summed E-state index contributed by atoms with van der Waals surface area (Å²) in [6.07, 6.45) is 0.0316. The van der Waals surface area contributed by atoms with Gasteiger partial charge in [0, 0.05) is 12.0 Å². The van der Waals surface area contributed by atoms with E-state index in [4.69, 9.17) is 4.74 Å². The number of ketones is 1. The quantitative estimate of drug-likeness (QED) is 0.795. The van der Waals surface area contributed by atoms with Crippen molar-refractivity contribution in [1.82, 2.24) is 0 Å². The third-order valence-corrected chi connectivity index (χ3v) is 3.39. The minimum absolute atomic E-state index is 0.0316. The standard InChI is InChI=1S/C17H16F2O2/c1-10-7-17(21-3)11(2)6-13(10)16(20)9-12-4-5-14(18)15(19)8-12/h4-8H,9H2,1-3H3. The van der Waals surface area contributed by atoms with Crippen LogP contribution in [-0.4, -0.2) is 12.9 Å². The zero-order valence-corrected chi connectivity index (χ0v) is 12.2. The molecule has 2 aromatic carbocycles.